The fraction of sp³-hybridized carbons (Fsp3) is 0. The van der Waals surface area contributed by atoms with Crippen LogP contribution in [0.15, 0.2) is 55.0 Å². The molecule has 3 rings (SSSR count). The summed E-state index contributed by atoms with van der Waals surface area (Å²) in [7, 11) is -3.74. The van der Waals surface area contributed by atoms with Crippen molar-refractivity contribution < 1.29 is 12.8 Å². The van der Waals surface area contributed by atoms with Gasteiger partial charge in [0.2, 0.25) is 0 Å². The number of rotatable bonds is 3. The Bertz CT molecular complexity index is 1010. The number of nitrogens with one attached hydrogen (secondary N) is 1. The molecule has 5 nitrogen and oxygen atoms in total. The van der Waals surface area contributed by atoms with Crippen LogP contribution in [0.5, 0.6) is 0 Å². The van der Waals surface area contributed by atoms with Crippen LogP contribution >= 0.6 is 38.9 Å². The van der Waals surface area contributed by atoms with E-state index in [1.165, 1.54) is 24.3 Å². The molecule has 0 radical (unpaired) electrons. The molecule has 0 aliphatic rings. The minimum absolute atomic E-state index is 0.118. The molecule has 0 fully saturated rings. The van der Waals surface area contributed by atoms with Crippen LogP contribution < -0.4 is 9.66 Å². The first-order valence-electron chi connectivity index (χ1n) is 5.87. The van der Waals surface area contributed by atoms with E-state index < -0.39 is 15.0 Å². The SMILES string of the molecule is O=c1oc2c(Cl)cc(NS(=O)(=O)c3ccc(Br)cc3)cc2s1. The minimum atomic E-state index is -3.74. The van der Waals surface area contributed by atoms with E-state index in [1.54, 1.807) is 12.1 Å². The maximum absolute atomic E-state index is 12.3. The van der Waals surface area contributed by atoms with Gasteiger partial charge in [-0.3, -0.25) is 4.72 Å². The normalized spacial score (nSPS) is 11.7. The Labute approximate surface area is 142 Å². The first-order chi connectivity index (χ1) is 10.3. The van der Waals surface area contributed by atoms with Crippen molar-refractivity contribution in [1.29, 1.82) is 0 Å². The fourth-order valence-electron chi connectivity index (χ4n) is 1.82. The quantitative estimate of drug-likeness (QED) is 0.693. The molecular weight excluding hydrogens is 414 g/mol. The molecule has 1 N–H and O–H groups in total. The van der Waals surface area contributed by atoms with Crippen molar-refractivity contribution in [2.24, 2.45) is 0 Å². The summed E-state index contributed by atoms with van der Waals surface area (Å²) in [6.45, 7) is 0. The van der Waals surface area contributed by atoms with E-state index in [9.17, 15) is 13.2 Å². The molecule has 3 aromatic rings. The van der Waals surface area contributed by atoms with E-state index >= 15 is 0 Å². The maximum atomic E-state index is 12.3. The molecule has 1 heterocycles. The second-order valence-electron chi connectivity index (χ2n) is 4.30. The van der Waals surface area contributed by atoms with Crippen LogP contribution in [0.1, 0.15) is 0 Å². The third kappa shape index (κ3) is 3.05. The Kier molecular flexibility index (Phi) is 4.02. The van der Waals surface area contributed by atoms with E-state index in [-0.39, 0.29) is 21.2 Å². The van der Waals surface area contributed by atoms with Crippen molar-refractivity contribution in [2.75, 3.05) is 4.72 Å². The highest BCUT2D eigenvalue weighted by Gasteiger charge is 2.16. The van der Waals surface area contributed by atoms with Crippen LogP contribution in [-0.4, -0.2) is 8.42 Å². The maximum Gasteiger partial charge on any atom is 0.396 e. The minimum Gasteiger partial charge on any atom is -0.412 e. The van der Waals surface area contributed by atoms with E-state index in [0.29, 0.717) is 4.70 Å². The van der Waals surface area contributed by atoms with Crippen LogP contribution in [0.25, 0.3) is 10.3 Å². The molecule has 0 saturated carbocycles. The number of sulfonamides is 1. The molecular formula is C13H7BrClNO4S2. The molecule has 0 unspecified atom stereocenters. The second-order valence-corrected chi connectivity index (χ2v) is 8.28. The van der Waals surface area contributed by atoms with Crippen molar-refractivity contribution in [3.8, 4) is 0 Å². The number of hydrogen-bond acceptors (Lipinski definition) is 5. The molecule has 0 bridgehead atoms. The van der Waals surface area contributed by atoms with E-state index in [4.69, 9.17) is 16.0 Å². The summed E-state index contributed by atoms with van der Waals surface area (Å²) in [4.78, 5) is 10.9. The highest BCUT2D eigenvalue weighted by atomic mass is 79.9. The van der Waals surface area contributed by atoms with Gasteiger partial charge in [0, 0.05) is 4.47 Å². The third-order valence-electron chi connectivity index (χ3n) is 2.76. The van der Waals surface area contributed by atoms with Gasteiger partial charge in [-0.1, -0.05) is 38.9 Å². The Morgan fingerprint density at radius 3 is 2.55 bits per heavy atom. The Balaban J connectivity index is 2.01. The number of anilines is 1. The van der Waals surface area contributed by atoms with Gasteiger partial charge in [-0.05, 0) is 36.4 Å². The van der Waals surface area contributed by atoms with Gasteiger partial charge in [0.1, 0.15) is 0 Å². The largest absolute Gasteiger partial charge is 0.412 e. The van der Waals surface area contributed by atoms with E-state index in [0.717, 1.165) is 15.8 Å². The topological polar surface area (TPSA) is 76.4 Å². The molecule has 0 aliphatic heterocycles. The zero-order valence-corrected chi connectivity index (χ0v) is 14.6. The average Bonchev–Trinajstić information content (AvgIpc) is 2.80. The summed E-state index contributed by atoms with van der Waals surface area (Å²) >= 11 is 10.1. The molecule has 0 amide bonds. The Morgan fingerprint density at radius 2 is 1.86 bits per heavy atom. The Morgan fingerprint density at radius 1 is 1.18 bits per heavy atom. The summed E-state index contributed by atoms with van der Waals surface area (Å²) in [6, 6.07) is 9.12. The summed E-state index contributed by atoms with van der Waals surface area (Å²) < 4.78 is 33.2. The lowest BCUT2D eigenvalue weighted by atomic mass is 10.3. The third-order valence-corrected chi connectivity index (χ3v) is 5.74. The van der Waals surface area contributed by atoms with Gasteiger partial charge >= 0.3 is 4.94 Å². The summed E-state index contributed by atoms with van der Waals surface area (Å²) in [5.74, 6) is 0. The number of hydrogen-bond donors (Lipinski definition) is 1. The van der Waals surface area contributed by atoms with Crippen molar-refractivity contribution in [1.82, 2.24) is 0 Å². The van der Waals surface area contributed by atoms with Gasteiger partial charge in [0.25, 0.3) is 10.0 Å². The lowest BCUT2D eigenvalue weighted by molar-refractivity contribution is 0.585. The molecule has 1 aromatic heterocycles. The zero-order chi connectivity index (χ0) is 15.9. The van der Waals surface area contributed by atoms with Gasteiger partial charge in [0.05, 0.1) is 20.3 Å². The van der Waals surface area contributed by atoms with E-state index in [2.05, 4.69) is 20.7 Å². The van der Waals surface area contributed by atoms with Gasteiger partial charge in [-0.2, -0.15) is 0 Å². The molecule has 22 heavy (non-hydrogen) atoms. The number of halogens is 2. The lowest BCUT2D eigenvalue weighted by Gasteiger charge is -2.08. The van der Waals surface area contributed by atoms with Crippen molar-refractivity contribution in [3.63, 3.8) is 0 Å². The first kappa shape index (κ1) is 15.5. The monoisotopic (exact) mass is 419 g/mol. The molecule has 114 valence electrons. The highest BCUT2D eigenvalue weighted by molar-refractivity contribution is 9.10. The van der Waals surface area contributed by atoms with Crippen LogP contribution in [0.3, 0.4) is 0 Å². The smallest absolute Gasteiger partial charge is 0.396 e. The summed E-state index contributed by atoms with van der Waals surface area (Å²) in [5.41, 5.74) is 0.515. The van der Waals surface area contributed by atoms with Gasteiger partial charge in [-0.15, -0.1) is 0 Å². The van der Waals surface area contributed by atoms with Crippen LogP contribution in [0.4, 0.5) is 5.69 Å². The Hall–Kier alpha value is -1.35. The standard InChI is InChI=1S/C13H7BrClNO4S2/c14-7-1-3-9(4-2-7)22(18,19)16-8-5-10(15)12-11(6-8)21-13(17)20-12/h1-6,16H. The molecule has 0 spiro atoms. The molecule has 2 aromatic carbocycles. The predicted octanol–water partition coefficient (Wildman–Crippen LogP) is 4.07. The number of benzene rings is 2. The lowest BCUT2D eigenvalue weighted by Crippen LogP contribution is -2.12. The van der Waals surface area contributed by atoms with Gasteiger partial charge < -0.3 is 4.42 Å². The van der Waals surface area contributed by atoms with Crippen molar-refractivity contribution >= 4 is 64.9 Å². The van der Waals surface area contributed by atoms with Crippen LogP contribution in [-0.2, 0) is 10.0 Å². The van der Waals surface area contributed by atoms with Crippen LogP contribution in [0, 0.1) is 0 Å². The first-order valence-corrected chi connectivity index (χ1v) is 9.34. The van der Waals surface area contributed by atoms with Gasteiger partial charge in [0.15, 0.2) is 5.58 Å². The number of fused-ring (bicyclic) bond motifs is 1. The fourth-order valence-corrected chi connectivity index (χ4v) is 4.18. The molecule has 0 saturated heterocycles. The average molecular weight is 421 g/mol. The van der Waals surface area contributed by atoms with Crippen LogP contribution in [0.2, 0.25) is 5.02 Å². The van der Waals surface area contributed by atoms with Gasteiger partial charge in [-0.25, -0.2) is 13.2 Å². The predicted molar refractivity (Wildman–Crippen MR) is 90.3 cm³/mol. The van der Waals surface area contributed by atoms with Crippen molar-refractivity contribution in [3.05, 3.63) is 55.6 Å². The molecule has 0 aliphatic carbocycles. The zero-order valence-electron chi connectivity index (χ0n) is 10.7. The summed E-state index contributed by atoms with van der Waals surface area (Å²) in [6.07, 6.45) is 0. The van der Waals surface area contributed by atoms with Crippen molar-refractivity contribution in [2.45, 2.75) is 4.90 Å². The molecule has 9 heteroatoms. The second kappa shape index (κ2) is 5.69. The molecule has 0 atom stereocenters. The van der Waals surface area contributed by atoms with E-state index in [1.807, 2.05) is 0 Å². The summed E-state index contributed by atoms with van der Waals surface area (Å²) in [5, 5.41) is 0.171. The highest BCUT2D eigenvalue weighted by Crippen LogP contribution is 2.30.